The second-order valence-electron chi connectivity index (χ2n) is 6.08. The second-order valence-corrected chi connectivity index (χ2v) is 6.08. The molecule has 5 nitrogen and oxygen atoms in total. The van der Waals surface area contributed by atoms with E-state index in [1.165, 1.54) is 0 Å². The summed E-state index contributed by atoms with van der Waals surface area (Å²) in [7, 11) is 1.67. The van der Waals surface area contributed by atoms with E-state index in [4.69, 9.17) is 9.47 Å². The molecule has 1 heterocycles. The summed E-state index contributed by atoms with van der Waals surface area (Å²) in [6.07, 6.45) is -3.83. The van der Waals surface area contributed by atoms with Crippen molar-refractivity contribution in [1.82, 2.24) is 9.97 Å². The Balaban J connectivity index is 2.31. The van der Waals surface area contributed by atoms with E-state index in [0.717, 1.165) is 6.20 Å². The monoisotopic (exact) mass is 369 g/mol. The molecular formula is C18H22F3N3O2. The molecule has 8 heteroatoms. The number of benzene rings is 1. The largest absolute Gasteiger partial charge is 0.494 e. The summed E-state index contributed by atoms with van der Waals surface area (Å²) < 4.78 is 50.1. The zero-order valence-corrected chi connectivity index (χ0v) is 15.2. The summed E-state index contributed by atoms with van der Waals surface area (Å²) in [5.74, 6) is 0.423. The Morgan fingerprint density at radius 3 is 2.31 bits per heavy atom. The second kappa shape index (κ2) is 8.25. The lowest BCUT2D eigenvalue weighted by molar-refractivity contribution is -0.139. The van der Waals surface area contributed by atoms with Gasteiger partial charge in [-0.1, -0.05) is 13.8 Å². The number of alkyl halides is 3. The topological polar surface area (TPSA) is 47.5 Å². The molecule has 1 aromatic carbocycles. The van der Waals surface area contributed by atoms with Crippen molar-refractivity contribution in [3.63, 3.8) is 0 Å². The fourth-order valence-electron chi connectivity index (χ4n) is 2.12. The summed E-state index contributed by atoms with van der Waals surface area (Å²) >= 11 is 0. The van der Waals surface area contributed by atoms with Crippen LogP contribution in [-0.4, -0.2) is 30.2 Å². The predicted octanol–water partition coefficient (Wildman–Crippen LogP) is 4.70. The van der Waals surface area contributed by atoms with E-state index in [0.29, 0.717) is 18.0 Å². The molecule has 0 aliphatic carbocycles. The van der Waals surface area contributed by atoms with Crippen LogP contribution in [-0.2, 0) is 6.18 Å². The molecule has 26 heavy (non-hydrogen) atoms. The first-order valence-corrected chi connectivity index (χ1v) is 8.26. The Labute approximate surface area is 150 Å². The minimum Gasteiger partial charge on any atom is -0.494 e. The standard InChI is InChI=1S/C18H22F3N3O2/c1-5-25-14-8-6-13(7-9-14)24(4)17-22-10-15(18(19,20)21)16(23-17)26-11-12(2)3/h6-10,12H,5,11H2,1-4H3. The molecule has 1 aromatic heterocycles. The molecular weight excluding hydrogens is 347 g/mol. The maximum absolute atomic E-state index is 13.2. The summed E-state index contributed by atoms with van der Waals surface area (Å²) in [5, 5.41) is 0. The zero-order valence-electron chi connectivity index (χ0n) is 15.2. The molecule has 2 aromatic rings. The molecule has 0 bridgehead atoms. The number of rotatable bonds is 7. The van der Waals surface area contributed by atoms with Gasteiger partial charge in [0.05, 0.1) is 13.2 Å². The van der Waals surface area contributed by atoms with Crippen molar-refractivity contribution in [1.29, 1.82) is 0 Å². The minimum atomic E-state index is -4.58. The molecule has 0 saturated carbocycles. The molecule has 0 amide bonds. The van der Waals surface area contributed by atoms with E-state index < -0.39 is 17.6 Å². The molecule has 0 atom stereocenters. The normalized spacial score (nSPS) is 11.5. The van der Waals surface area contributed by atoms with Crippen LogP contribution in [0, 0.1) is 5.92 Å². The third kappa shape index (κ3) is 5.00. The number of ether oxygens (including phenoxy) is 2. The molecule has 0 aliphatic rings. The number of halogens is 3. The lowest BCUT2D eigenvalue weighted by Gasteiger charge is -2.20. The third-order valence-electron chi connectivity index (χ3n) is 3.43. The van der Waals surface area contributed by atoms with Gasteiger partial charge < -0.3 is 14.4 Å². The van der Waals surface area contributed by atoms with Crippen LogP contribution in [0.15, 0.2) is 30.5 Å². The maximum Gasteiger partial charge on any atom is 0.423 e. The number of aromatic nitrogens is 2. The number of hydrogen-bond donors (Lipinski definition) is 0. The van der Waals surface area contributed by atoms with Gasteiger partial charge in [0.25, 0.3) is 0 Å². The Morgan fingerprint density at radius 2 is 1.77 bits per heavy atom. The Morgan fingerprint density at radius 1 is 1.12 bits per heavy atom. The number of nitrogens with zero attached hydrogens (tertiary/aromatic N) is 3. The molecule has 0 unspecified atom stereocenters. The summed E-state index contributed by atoms with van der Waals surface area (Å²) in [6.45, 7) is 6.26. The van der Waals surface area contributed by atoms with E-state index in [-0.39, 0.29) is 18.5 Å². The molecule has 0 fully saturated rings. The lowest BCUT2D eigenvalue weighted by atomic mass is 10.2. The van der Waals surface area contributed by atoms with Crippen LogP contribution in [0.3, 0.4) is 0 Å². The fourth-order valence-corrected chi connectivity index (χ4v) is 2.12. The van der Waals surface area contributed by atoms with Crippen LogP contribution in [0.2, 0.25) is 0 Å². The van der Waals surface area contributed by atoms with Crippen molar-refractivity contribution in [2.24, 2.45) is 5.92 Å². The average molecular weight is 369 g/mol. The van der Waals surface area contributed by atoms with Crippen LogP contribution < -0.4 is 14.4 Å². The van der Waals surface area contributed by atoms with Crippen molar-refractivity contribution in [2.45, 2.75) is 26.9 Å². The SMILES string of the molecule is CCOc1ccc(N(C)c2ncc(C(F)(F)F)c(OCC(C)C)n2)cc1. The molecule has 142 valence electrons. The fraction of sp³-hybridized carbons (Fsp3) is 0.444. The van der Waals surface area contributed by atoms with Gasteiger partial charge in [-0.15, -0.1) is 0 Å². The number of hydrogen-bond acceptors (Lipinski definition) is 5. The first kappa shape index (κ1) is 19.8. The Bertz CT molecular complexity index is 719. The molecule has 0 saturated heterocycles. The van der Waals surface area contributed by atoms with Gasteiger partial charge in [-0.2, -0.15) is 18.2 Å². The molecule has 0 spiro atoms. The van der Waals surface area contributed by atoms with Crippen molar-refractivity contribution in [2.75, 3.05) is 25.2 Å². The van der Waals surface area contributed by atoms with Gasteiger partial charge in [-0.3, -0.25) is 0 Å². The summed E-state index contributed by atoms with van der Waals surface area (Å²) in [5.41, 5.74) is -0.273. The highest BCUT2D eigenvalue weighted by Crippen LogP contribution is 2.36. The van der Waals surface area contributed by atoms with E-state index in [1.54, 1.807) is 36.2 Å². The van der Waals surface area contributed by atoms with E-state index in [1.807, 2.05) is 20.8 Å². The summed E-state index contributed by atoms with van der Waals surface area (Å²) in [6, 6.07) is 7.10. The van der Waals surface area contributed by atoms with Crippen molar-refractivity contribution in [3.05, 3.63) is 36.0 Å². The predicted molar refractivity (Wildman–Crippen MR) is 93.0 cm³/mol. The zero-order chi connectivity index (χ0) is 19.3. The Hall–Kier alpha value is -2.51. The van der Waals surface area contributed by atoms with Crippen LogP contribution in [0.25, 0.3) is 0 Å². The highest BCUT2D eigenvalue weighted by atomic mass is 19.4. The van der Waals surface area contributed by atoms with Crippen molar-refractivity contribution in [3.8, 4) is 11.6 Å². The third-order valence-corrected chi connectivity index (χ3v) is 3.43. The quantitative estimate of drug-likeness (QED) is 0.708. The van der Waals surface area contributed by atoms with Crippen molar-refractivity contribution < 1.29 is 22.6 Å². The molecule has 0 aliphatic heterocycles. The lowest BCUT2D eigenvalue weighted by Crippen LogP contribution is -2.18. The van der Waals surface area contributed by atoms with Gasteiger partial charge in [0.15, 0.2) is 0 Å². The van der Waals surface area contributed by atoms with Crippen LogP contribution >= 0.6 is 0 Å². The highest BCUT2D eigenvalue weighted by molar-refractivity contribution is 5.58. The van der Waals surface area contributed by atoms with E-state index in [9.17, 15) is 13.2 Å². The van der Waals surface area contributed by atoms with Crippen molar-refractivity contribution >= 4 is 11.6 Å². The van der Waals surface area contributed by atoms with E-state index >= 15 is 0 Å². The Kier molecular flexibility index (Phi) is 6.28. The van der Waals surface area contributed by atoms with E-state index in [2.05, 4.69) is 9.97 Å². The molecule has 0 N–H and O–H groups in total. The van der Waals surface area contributed by atoms with Gasteiger partial charge in [0.1, 0.15) is 11.3 Å². The molecule has 0 radical (unpaired) electrons. The smallest absolute Gasteiger partial charge is 0.423 e. The first-order valence-electron chi connectivity index (χ1n) is 8.26. The van der Waals surface area contributed by atoms with Crippen LogP contribution in [0.1, 0.15) is 26.3 Å². The van der Waals surface area contributed by atoms with Crippen LogP contribution in [0.5, 0.6) is 11.6 Å². The first-order chi connectivity index (χ1) is 12.2. The van der Waals surface area contributed by atoms with Crippen LogP contribution in [0.4, 0.5) is 24.8 Å². The highest BCUT2D eigenvalue weighted by Gasteiger charge is 2.36. The minimum absolute atomic E-state index is 0.0679. The van der Waals surface area contributed by atoms with Gasteiger partial charge in [0.2, 0.25) is 11.8 Å². The maximum atomic E-state index is 13.2. The molecule has 2 rings (SSSR count). The number of anilines is 2. The van der Waals surface area contributed by atoms with Gasteiger partial charge in [0, 0.05) is 18.9 Å². The summed E-state index contributed by atoms with van der Waals surface area (Å²) in [4.78, 5) is 9.42. The van der Waals surface area contributed by atoms with Gasteiger partial charge in [-0.05, 0) is 37.1 Å². The van der Waals surface area contributed by atoms with Gasteiger partial charge >= 0.3 is 6.18 Å². The van der Waals surface area contributed by atoms with Gasteiger partial charge in [-0.25, -0.2) is 4.98 Å². The average Bonchev–Trinajstić information content (AvgIpc) is 2.59.